The van der Waals surface area contributed by atoms with Gasteiger partial charge in [-0.15, -0.1) is 0 Å². The Balaban J connectivity index is 2.61. The normalized spacial score (nSPS) is 9.89. The molecule has 0 aliphatic rings. The second-order valence-electron chi connectivity index (χ2n) is 1.85. The minimum absolute atomic E-state index is 0.622. The van der Waals surface area contributed by atoms with Crippen molar-refractivity contribution in [1.82, 2.24) is 9.66 Å². The lowest BCUT2D eigenvalue weighted by Crippen LogP contribution is -2.05. The van der Waals surface area contributed by atoms with Gasteiger partial charge in [-0.25, -0.2) is 4.98 Å². The summed E-state index contributed by atoms with van der Waals surface area (Å²) in [6.45, 7) is 0.622. The van der Waals surface area contributed by atoms with Gasteiger partial charge in [0.15, 0.2) is 0 Å². The summed E-state index contributed by atoms with van der Waals surface area (Å²) in [5.74, 6) is 5.32. The predicted octanol–water partition coefficient (Wildman–Crippen LogP) is -0.902. The molecule has 4 nitrogen and oxygen atoms in total. The van der Waals surface area contributed by atoms with Gasteiger partial charge in [0.05, 0.1) is 5.69 Å². The van der Waals surface area contributed by atoms with E-state index in [0.717, 1.165) is 12.1 Å². The van der Waals surface area contributed by atoms with E-state index in [-0.39, 0.29) is 0 Å². The Hall–Kier alpha value is -1.03. The maximum atomic E-state index is 5.32. The summed E-state index contributed by atoms with van der Waals surface area (Å²) in [7, 11) is 0. The molecule has 0 atom stereocenters. The van der Waals surface area contributed by atoms with Crippen LogP contribution in [0.15, 0.2) is 12.5 Å². The van der Waals surface area contributed by atoms with Crippen LogP contribution in [0.2, 0.25) is 0 Å². The minimum atomic E-state index is 0.622. The summed E-state index contributed by atoms with van der Waals surface area (Å²) in [5, 5.41) is 0. The van der Waals surface area contributed by atoms with Crippen molar-refractivity contribution >= 4 is 0 Å². The van der Waals surface area contributed by atoms with E-state index in [1.54, 1.807) is 12.5 Å². The molecule has 1 aromatic rings. The highest BCUT2D eigenvalue weighted by Crippen LogP contribution is 1.90. The molecule has 1 aromatic heterocycles. The van der Waals surface area contributed by atoms with Crippen molar-refractivity contribution in [2.75, 3.05) is 12.4 Å². The molecule has 0 saturated carbocycles. The van der Waals surface area contributed by atoms with E-state index < -0.39 is 0 Å². The fourth-order valence-electron chi connectivity index (χ4n) is 0.657. The summed E-state index contributed by atoms with van der Waals surface area (Å²) in [5.41, 5.74) is 6.22. The largest absolute Gasteiger partial charge is 0.338 e. The highest BCUT2D eigenvalue weighted by molar-refractivity contribution is 4.96. The SMILES string of the molecule is NCCc1cn(N)cn1. The van der Waals surface area contributed by atoms with Crippen LogP contribution in [0.4, 0.5) is 0 Å². The molecule has 0 aromatic carbocycles. The van der Waals surface area contributed by atoms with Crippen molar-refractivity contribution in [1.29, 1.82) is 0 Å². The molecule has 0 aliphatic heterocycles. The van der Waals surface area contributed by atoms with Crippen LogP contribution in [0.5, 0.6) is 0 Å². The van der Waals surface area contributed by atoms with Crippen molar-refractivity contribution in [3.8, 4) is 0 Å². The highest BCUT2D eigenvalue weighted by atomic mass is 15.3. The van der Waals surface area contributed by atoms with Crippen molar-refractivity contribution in [3.63, 3.8) is 0 Å². The van der Waals surface area contributed by atoms with Gasteiger partial charge in [-0.05, 0) is 6.54 Å². The molecule has 4 heteroatoms. The number of aromatic nitrogens is 2. The molecule has 0 unspecified atom stereocenters. The fraction of sp³-hybridized carbons (Fsp3) is 0.400. The molecule has 0 saturated heterocycles. The lowest BCUT2D eigenvalue weighted by Gasteiger charge is -1.86. The Morgan fingerprint density at radius 1 is 1.67 bits per heavy atom. The number of hydrogen-bond donors (Lipinski definition) is 2. The molecule has 9 heavy (non-hydrogen) atoms. The maximum absolute atomic E-state index is 5.32. The standard InChI is InChI=1S/C5H10N4/c6-2-1-5-3-9(7)4-8-5/h3-4H,1-2,6-7H2. The van der Waals surface area contributed by atoms with Crippen LogP contribution in [0, 0.1) is 0 Å². The number of hydrogen-bond acceptors (Lipinski definition) is 3. The molecule has 4 N–H and O–H groups in total. The van der Waals surface area contributed by atoms with Crippen molar-refractivity contribution in [2.45, 2.75) is 6.42 Å². The first-order chi connectivity index (χ1) is 4.33. The molecule has 0 aliphatic carbocycles. The topological polar surface area (TPSA) is 69.9 Å². The fourth-order valence-corrected chi connectivity index (χ4v) is 0.657. The zero-order valence-electron chi connectivity index (χ0n) is 5.12. The summed E-state index contributed by atoms with van der Waals surface area (Å²) >= 11 is 0. The molecule has 0 fully saturated rings. The average molecular weight is 126 g/mol. The number of imidazole rings is 1. The molecular formula is C5H10N4. The Bertz CT molecular complexity index is 181. The Morgan fingerprint density at radius 2 is 2.44 bits per heavy atom. The monoisotopic (exact) mass is 126 g/mol. The van der Waals surface area contributed by atoms with Gasteiger partial charge in [0.25, 0.3) is 0 Å². The molecule has 0 spiro atoms. The molecule has 50 valence electrons. The summed E-state index contributed by atoms with van der Waals surface area (Å²) in [6.07, 6.45) is 4.11. The van der Waals surface area contributed by atoms with Gasteiger partial charge in [-0.1, -0.05) is 0 Å². The molecule has 1 rings (SSSR count). The highest BCUT2D eigenvalue weighted by Gasteiger charge is 1.92. The Morgan fingerprint density at radius 3 is 2.89 bits per heavy atom. The van der Waals surface area contributed by atoms with Crippen LogP contribution in [0.25, 0.3) is 0 Å². The Labute approximate surface area is 53.4 Å². The molecular weight excluding hydrogens is 116 g/mol. The van der Waals surface area contributed by atoms with Crippen LogP contribution in [0.3, 0.4) is 0 Å². The zero-order chi connectivity index (χ0) is 6.69. The third-order valence-corrected chi connectivity index (χ3v) is 1.06. The van der Waals surface area contributed by atoms with Gasteiger partial charge >= 0.3 is 0 Å². The van der Waals surface area contributed by atoms with Crippen LogP contribution in [-0.4, -0.2) is 16.2 Å². The third kappa shape index (κ3) is 1.43. The van der Waals surface area contributed by atoms with Crippen molar-refractivity contribution < 1.29 is 0 Å². The second-order valence-corrected chi connectivity index (χ2v) is 1.85. The predicted molar refractivity (Wildman–Crippen MR) is 35.1 cm³/mol. The first-order valence-electron chi connectivity index (χ1n) is 2.81. The number of nitrogen functional groups attached to an aromatic ring is 1. The van der Waals surface area contributed by atoms with Gasteiger partial charge < -0.3 is 11.6 Å². The van der Waals surface area contributed by atoms with E-state index in [2.05, 4.69) is 4.98 Å². The number of nitrogens with zero attached hydrogens (tertiary/aromatic N) is 2. The molecule has 0 bridgehead atoms. The smallest absolute Gasteiger partial charge is 0.114 e. The van der Waals surface area contributed by atoms with Crippen LogP contribution in [0.1, 0.15) is 5.69 Å². The van der Waals surface area contributed by atoms with Crippen LogP contribution in [-0.2, 0) is 6.42 Å². The van der Waals surface area contributed by atoms with Gasteiger partial charge in [-0.2, -0.15) is 0 Å². The van der Waals surface area contributed by atoms with Crippen LogP contribution >= 0.6 is 0 Å². The van der Waals surface area contributed by atoms with E-state index in [9.17, 15) is 0 Å². The van der Waals surface area contributed by atoms with Crippen molar-refractivity contribution in [3.05, 3.63) is 18.2 Å². The zero-order valence-corrected chi connectivity index (χ0v) is 5.12. The molecule has 0 amide bonds. The van der Waals surface area contributed by atoms with Gasteiger partial charge in [-0.3, -0.25) is 4.68 Å². The quantitative estimate of drug-likeness (QED) is 0.504. The van der Waals surface area contributed by atoms with E-state index in [1.165, 1.54) is 4.68 Å². The van der Waals surface area contributed by atoms with E-state index in [4.69, 9.17) is 11.6 Å². The van der Waals surface area contributed by atoms with Gasteiger partial charge in [0.2, 0.25) is 0 Å². The maximum Gasteiger partial charge on any atom is 0.114 e. The first kappa shape index (κ1) is 6.10. The van der Waals surface area contributed by atoms with E-state index in [1.807, 2.05) is 0 Å². The second kappa shape index (κ2) is 2.50. The van der Waals surface area contributed by atoms with Gasteiger partial charge in [0.1, 0.15) is 6.33 Å². The molecule has 1 heterocycles. The van der Waals surface area contributed by atoms with E-state index in [0.29, 0.717) is 6.54 Å². The summed E-state index contributed by atoms with van der Waals surface area (Å²) < 4.78 is 1.42. The summed E-state index contributed by atoms with van der Waals surface area (Å²) in [4.78, 5) is 3.96. The van der Waals surface area contributed by atoms with Gasteiger partial charge in [0, 0.05) is 12.6 Å². The summed E-state index contributed by atoms with van der Waals surface area (Å²) in [6, 6.07) is 0. The minimum Gasteiger partial charge on any atom is -0.338 e. The van der Waals surface area contributed by atoms with Crippen molar-refractivity contribution in [2.24, 2.45) is 5.73 Å². The average Bonchev–Trinajstić information content (AvgIpc) is 2.17. The lowest BCUT2D eigenvalue weighted by atomic mass is 10.3. The first-order valence-corrected chi connectivity index (χ1v) is 2.81. The Kier molecular flexibility index (Phi) is 1.69. The van der Waals surface area contributed by atoms with E-state index >= 15 is 0 Å². The molecule has 0 radical (unpaired) electrons. The lowest BCUT2D eigenvalue weighted by molar-refractivity contribution is 0.933. The van der Waals surface area contributed by atoms with Crippen LogP contribution < -0.4 is 11.6 Å². The third-order valence-electron chi connectivity index (χ3n) is 1.06. The number of rotatable bonds is 2. The number of nitrogens with two attached hydrogens (primary N) is 2.